The van der Waals surface area contributed by atoms with E-state index in [1.165, 1.54) is 0 Å². The largest absolute Gasteiger partial charge is 0.459 e. The molecule has 0 radical (unpaired) electrons. The van der Waals surface area contributed by atoms with Crippen LogP contribution < -0.4 is 0 Å². The predicted molar refractivity (Wildman–Crippen MR) is 63.7 cm³/mol. The Morgan fingerprint density at radius 2 is 1.93 bits per heavy atom. The van der Waals surface area contributed by atoms with E-state index in [0.717, 1.165) is 12.8 Å². The quantitative estimate of drug-likeness (QED) is 0.495. The monoisotopic (exact) mass is 212 g/mol. The zero-order chi connectivity index (χ0) is 12.1. The lowest BCUT2D eigenvalue weighted by Gasteiger charge is -2.31. The number of carbonyl (C=O) groups is 1. The highest BCUT2D eigenvalue weighted by Crippen LogP contribution is 2.29. The summed E-state index contributed by atoms with van der Waals surface area (Å²) in [5.74, 6) is -0.255. The van der Waals surface area contributed by atoms with Crippen molar-refractivity contribution in [2.75, 3.05) is 0 Å². The molecule has 0 bridgehead atoms. The Labute approximate surface area is 93.7 Å². The topological polar surface area (TPSA) is 26.3 Å². The minimum atomic E-state index is -0.255. The average Bonchev–Trinajstić information content (AvgIpc) is 2.16. The molecule has 15 heavy (non-hydrogen) atoms. The third kappa shape index (κ3) is 4.50. The molecular weight excluding hydrogens is 188 g/mol. The van der Waals surface area contributed by atoms with Crippen molar-refractivity contribution >= 4 is 5.97 Å². The van der Waals surface area contributed by atoms with E-state index < -0.39 is 0 Å². The van der Waals surface area contributed by atoms with Crippen molar-refractivity contribution in [2.45, 2.75) is 60.0 Å². The highest BCUT2D eigenvalue weighted by atomic mass is 16.5. The molecule has 2 heteroatoms. The normalized spacial score (nSPS) is 13.4. The SMILES string of the molecule is C=C(CC)C(=O)OC(C)C(C)(C)CCC. The molecule has 0 N–H and O–H groups in total. The van der Waals surface area contributed by atoms with E-state index >= 15 is 0 Å². The van der Waals surface area contributed by atoms with E-state index in [-0.39, 0.29) is 17.5 Å². The first-order valence-corrected chi connectivity index (χ1v) is 5.73. The number of esters is 1. The van der Waals surface area contributed by atoms with Crippen molar-refractivity contribution in [1.29, 1.82) is 0 Å². The van der Waals surface area contributed by atoms with Gasteiger partial charge in [-0.15, -0.1) is 0 Å². The van der Waals surface area contributed by atoms with Crippen LogP contribution in [0.5, 0.6) is 0 Å². The van der Waals surface area contributed by atoms with E-state index in [0.29, 0.717) is 12.0 Å². The minimum Gasteiger partial charge on any atom is -0.459 e. The van der Waals surface area contributed by atoms with Crippen LogP contribution in [0.1, 0.15) is 53.9 Å². The van der Waals surface area contributed by atoms with Crippen LogP contribution in [0.4, 0.5) is 0 Å². The number of rotatable bonds is 6. The van der Waals surface area contributed by atoms with Crippen molar-refractivity contribution in [2.24, 2.45) is 5.41 Å². The van der Waals surface area contributed by atoms with Crippen LogP contribution in [-0.4, -0.2) is 12.1 Å². The fourth-order valence-electron chi connectivity index (χ4n) is 1.40. The first-order valence-electron chi connectivity index (χ1n) is 5.73. The second kappa shape index (κ2) is 5.94. The molecule has 0 aliphatic heterocycles. The van der Waals surface area contributed by atoms with Gasteiger partial charge in [-0.1, -0.05) is 40.7 Å². The second-order valence-corrected chi connectivity index (χ2v) is 4.74. The zero-order valence-corrected chi connectivity index (χ0v) is 10.7. The molecule has 0 aliphatic carbocycles. The van der Waals surface area contributed by atoms with Crippen molar-refractivity contribution < 1.29 is 9.53 Å². The summed E-state index contributed by atoms with van der Waals surface area (Å²) in [5, 5.41) is 0. The van der Waals surface area contributed by atoms with Gasteiger partial charge in [-0.05, 0) is 19.8 Å². The molecule has 0 saturated heterocycles. The summed E-state index contributed by atoms with van der Waals surface area (Å²) in [7, 11) is 0. The maximum atomic E-state index is 11.5. The van der Waals surface area contributed by atoms with Crippen LogP contribution in [-0.2, 0) is 9.53 Å². The van der Waals surface area contributed by atoms with E-state index in [1.54, 1.807) is 0 Å². The molecule has 0 rings (SSSR count). The van der Waals surface area contributed by atoms with E-state index in [1.807, 2.05) is 13.8 Å². The lowest BCUT2D eigenvalue weighted by molar-refractivity contribution is -0.149. The van der Waals surface area contributed by atoms with E-state index in [4.69, 9.17) is 4.74 Å². The molecule has 1 atom stereocenters. The molecule has 0 aromatic heterocycles. The highest BCUT2D eigenvalue weighted by molar-refractivity contribution is 5.87. The fraction of sp³-hybridized carbons (Fsp3) is 0.769. The lowest BCUT2D eigenvalue weighted by Crippen LogP contribution is -2.31. The van der Waals surface area contributed by atoms with Crippen LogP contribution >= 0.6 is 0 Å². The van der Waals surface area contributed by atoms with Gasteiger partial charge in [0.15, 0.2) is 0 Å². The van der Waals surface area contributed by atoms with Crippen molar-refractivity contribution in [3.8, 4) is 0 Å². The van der Waals surface area contributed by atoms with Crippen molar-refractivity contribution in [3.05, 3.63) is 12.2 Å². The van der Waals surface area contributed by atoms with Gasteiger partial charge in [0.1, 0.15) is 6.10 Å². The van der Waals surface area contributed by atoms with Gasteiger partial charge >= 0.3 is 5.97 Å². The molecule has 0 saturated carbocycles. The molecule has 0 aliphatic rings. The van der Waals surface area contributed by atoms with Gasteiger partial charge in [0.25, 0.3) is 0 Å². The third-order valence-corrected chi connectivity index (χ3v) is 2.99. The van der Waals surface area contributed by atoms with Crippen LogP contribution in [0.2, 0.25) is 0 Å². The zero-order valence-electron chi connectivity index (χ0n) is 10.7. The average molecular weight is 212 g/mol. The molecule has 0 heterocycles. The molecule has 2 nitrogen and oxygen atoms in total. The Bertz CT molecular complexity index is 229. The minimum absolute atomic E-state index is 0.0401. The summed E-state index contributed by atoms with van der Waals surface area (Å²) in [6.07, 6.45) is 2.75. The molecular formula is C13H24O2. The summed E-state index contributed by atoms with van der Waals surface area (Å²) < 4.78 is 5.38. The Kier molecular flexibility index (Phi) is 5.63. The predicted octanol–water partition coefficient (Wildman–Crippen LogP) is 3.71. The van der Waals surface area contributed by atoms with Gasteiger partial charge in [0, 0.05) is 11.0 Å². The molecule has 0 aromatic carbocycles. The third-order valence-electron chi connectivity index (χ3n) is 2.99. The van der Waals surface area contributed by atoms with Crippen LogP contribution in [0.15, 0.2) is 12.2 Å². The second-order valence-electron chi connectivity index (χ2n) is 4.74. The number of hydrogen-bond donors (Lipinski definition) is 0. The summed E-state index contributed by atoms with van der Waals surface area (Å²) in [4.78, 5) is 11.5. The first kappa shape index (κ1) is 14.2. The van der Waals surface area contributed by atoms with Crippen LogP contribution in [0.3, 0.4) is 0 Å². The molecule has 0 aromatic rings. The Morgan fingerprint density at radius 3 is 2.33 bits per heavy atom. The van der Waals surface area contributed by atoms with Crippen LogP contribution in [0, 0.1) is 5.41 Å². The van der Waals surface area contributed by atoms with Gasteiger partial charge in [0.2, 0.25) is 0 Å². The summed E-state index contributed by atoms with van der Waals surface area (Å²) in [5.41, 5.74) is 0.590. The smallest absolute Gasteiger partial charge is 0.333 e. The summed E-state index contributed by atoms with van der Waals surface area (Å²) >= 11 is 0. The molecule has 0 amide bonds. The molecule has 0 fully saturated rings. The summed E-state index contributed by atoms with van der Waals surface area (Å²) in [6.45, 7) is 13.9. The standard InChI is InChI=1S/C13H24O2/c1-7-9-13(5,6)11(4)15-12(14)10(3)8-2/h11H,3,7-9H2,1-2,4-6H3. The number of carbonyl (C=O) groups excluding carboxylic acids is 1. The van der Waals surface area contributed by atoms with E-state index in [2.05, 4.69) is 27.4 Å². The highest BCUT2D eigenvalue weighted by Gasteiger charge is 2.28. The molecule has 1 unspecified atom stereocenters. The number of ether oxygens (including phenoxy) is 1. The van der Waals surface area contributed by atoms with Gasteiger partial charge in [-0.3, -0.25) is 0 Å². The Balaban J connectivity index is 4.29. The number of hydrogen-bond acceptors (Lipinski definition) is 2. The van der Waals surface area contributed by atoms with E-state index in [9.17, 15) is 4.79 Å². The maximum absolute atomic E-state index is 11.5. The van der Waals surface area contributed by atoms with Crippen molar-refractivity contribution in [1.82, 2.24) is 0 Å². The van der Waals surface area contributed by atoms with Gasteiger partial charge in [-0.2, -0.15) is 0 Å². The van der Waals surface area contributed by atoms with Gasteiger partial charge in [0.05, 0.1) is 0 Å². The Hall–Kier alpha value is -0.790. The maximum Gasteiger partial charge on any atom is 0.333 e. The lowest BCUT2D eigenvalue weighted by atomic mass is 9.83. The fourth-order valence-corrected chi connectivity index (χ4v) is 1.40. The molecule has 0 spiro atoms. The van der Waals surface area contributed by atoms with Crippen LogP contribution in [0.25, 0.3) is 0 Å². The van der Waals surface area contributed by atoms with Crippen molar-refractivity contribution in [3.63, 3.8) is 0 Å². The van der Waals surface area contributed by atoms with Gasteiger partial charge < -0.3 is 4.74 Å². The molecule has 88 valence electrons. The Morgan fingerprint density at radius 1 is 1.40 bits per heavy atom. The van der Waals surface area contributed by atoms with Gasteiger partial charge in [-0.25, -0.2) is 4.79 Å². The first-order chi connectivity index (χ1) is 6.85. The summed E-state index contributed by atoms with van der Waals surface area (Å²) in [6, 6.07) is 0.